The number of aryl methyl sites for hydroxylation is 1. The number of esters is 1. The van der Waals surface area contributed by atoms with Gasteiger partial charge in [-0.2, -0.15) is 0 Å². The molecule has 0 aliphatic carbocycles. The highest BCUT2D eigenvalue weighted by atomic mass is 32.1. The minimum Gasteiger partial charge on any atom is -0.455 e. The minimum atomic E-state index is -0.368. The maximum Gasteiger partial charge on any atom is 0.367 e. The molecule has 0 aliphatic rings. The molecule has 2 aromatic carbocycles. The summed E-state index contributed by atoms with van der Waals surface area (Å²) in [5.74, 6) is -0.368. The fourth-order valence-electron chi connectivity index (χ4n) is 1.91. The maximum atomic E-state index is 12.0. The van der Waals surface area contributed by atoms with Crippen LogP contribution in [-0.4, -0.2) is 11.0 Å². The van der Waals surface area contributed by atoms with Crippen LogP contribution in [0.3, 0.4) is 0 Å². The van der Waals surface area contributed by atoms with Gasteiger partial charge in [0.05, 0.1) is 10.2 Å². The Hall–Kier alpha value is -2.20. The Morgan fingerprint density at radius 2 is 2.00 bits per heavy atom. The SMILES string of the molecule is Cc1ccc2sc(C(=O)OCc3ccccc3)nc2c1. The maximum absolute atomic E-state index is 12.0. The van der Waals surface area contributed by atoms with Crippen molar-refractivity contribution >= 4 is 27.5 Å². The number of rotatable bonds is 3. The molecule has 3 rings (SSSR count). The first-order valence-corrected chi connectivity index (χ1v) is 7.12. The van der Waals surface area contributed by atoms with Gasteiger partial charge in [0.2, 0.25) is 5.01 Å². The summed E-state index contributed by atoms with van der Waals surface area (Å²) in [6.07, 6.45) is 0. The van der Waals surface area contributed by atoms with Gasteiger partial charge in [0.1, 0.15) is 6.61 Å². The van der Waals surface area contributed by atoms with Gasteiger partial charge in [-0.3, -0.25) is 0 Å². The van der Waals surface area contributed by atoms with E-state index in [1.165, 1.54) is 11.3 Å². The Kier molecular flexibility index (Phi) is 3.48. The van der Waals surface area contributed by atoms with Crippen molar-refractivity contribution in [2.45, 2.75) is 13.5 Å². The van der Waals surface area contributed by atoms with Crippen LogP contribution < -0.4 is 0 Å². The second kappa shape index (κ2) is 5.43. The molecule has 0 fully saturated rings. The number of ether oxygens (including phenoxy) is 1. The highest BCUT2D eigenvalue weighted by Crippen LogP contribution is 2.23. The molecule has 0 amide bonds. The summed E-state index contributed by atoms with van der Waals surface area (Å²) in [6.45, 7) is 2.28. The largest absolute Gasteiger partial charge is 0.455 e. The summed E-state index contributed by atoms with van der Waals surface area (Å²) >= 11 is 1.36. The van der Waals surface area contributed by atoms with Crippen molar-refractivity contribution in [3.05, 3.63) is 64.7 Å². The predicted octanol–water partition coefficient (Wildman–Crippen LogP) is 3.96. The lowest BCUT2D eigenvalue weighted by molar-refractivity contribution is 0.0472. The number of carbonyl (C=O) groups is 1. The summed E-state index contributed by atoms with van der Waals surface area (Å²) in [5, 5.41) is 0.404. The molecule has 0 radical (unpaired) electrons. The number of nitrogens with zero attached hydrogens (tertiary/aromatic N) is 1. The first kappa shape index (κ1) is 12.8. The van der Waals surface area contributed by atoms with Crippen molar-refractivity contribution in [1.29, 1.82) is 0 Å². The third-order valence-electron chi connectivity index (χ3n) is 2.93. The van der Waals surface area contributed by atoms with Crippen LogP contribution in [0.25, 0.3) is 10.2 Å². The van der Waals surface area contributed by atoms with E-state index < -0.39 is 0 Å². The molecule has 3 aromatic rings. The highest BCUT2D eigenvalue weighted by Gasteiger charge is 2.13. The molecule has 0 bridgehead atoms. The second-order valence-corrected chi connectivity index (χ2v) is 5.58. The van der Waals surface area contributed by atoms with E-state index in [1.807, 2.05) is 55.5 Å². The van der Waals surface area contributed by atoms with Crippen LogP contribution in [0.4, 0.5) is 0 Å². The lowest BCUT2D eigenvalue weighted by atomic mass is 10.2. The number of hydrogen-bond acceptors (Lipinski definition) is 4. The Balaban J connectivity index is 1.75. The van der Waals surface area contributed by atoms with Crippen molar-refractivity contribution in [1.82, 2.24) is 4.98 Å². The van der Waals surface area contributed by atoms with Gasteiger partial charge < -0.3 is 4.74 Å². The summed E-state index contributed by atoms with van der Waals surface area (Å²) in [5.41, 5.74) is 2.95. The molecule has 0 aliphatic heterocycles. The monoisotopic (exact) mass is 283 g/mol. The molecule has 0 unspecified atom stereocenters. The Morgan fingerprint density at radius 3 is 2.80 bits per heavy atom. The average molecular weight is 283 g/mol. The average Bonchev–Trinajstić information content (AvgIpc) is 2.89. The number of hydrogen-bond donors (Lipinski definition) is 0. The third kappa shape index (κ3) is 2.70. The Bertz CT molecular complexity index is 750. The van der Waals surface area contributed by atoms with Crippen molar-refractivity contribution in [3.63, 3.8) is 0 Å². The van der Waals surface area contributed by atoms with Gasteiger partial charge in [0.25, 0.3) is 0 Å². The molecule has 0 N–H and O–H groups in total. The van der Waals surface area contributed by atoms with Crippen molar-refractivity contribution in [2.24, 2.45) is 0 Å². The van der Waals surface area contributed by atoms with Crippen LogP contribution in [0.2, 0.25) is 0 Å². The molecule has 20 heavy (non-hydrogen) atoms. The second-order valence-electron chi connectivity index (χ2n) is 4.55. The molecule has 0 atom stereocenters. The van der Waals surface area contributed by atoms with Gasteiger partial charge in [0.15, 0.2) is 0 Å². The molecule has 0 spiro atoms. The smallest absolute Gasteiger partial charge is 0.367 e. The first-order chi connectivity index (χ1) is 9.72. The van der Waals surface area contributed by atoms with Gasteiger partial charge in [-0.05, 0) is 30.2 Å². The topological polar surface area (TPSA) is 39.2 Å². The standard InChI is InChI=1S/C16H13NO2S/c1-11-7-8-14-13(9-11)17-15(20-14)16(18)19-10-12-5-3-2-4-6-12/h2-9H,10H2,1H3. The number of aromatic nitrogens is 1. The summed E-state index contributed by atoms with van der Waals surface area (Å²) in [6, 6.07) is 15.6. The van der Waals surface area contributed by atoms with Gasteiger partial charge in [0, 0.05) is 0 Å². The summed E-state index contributed by atoms with van der Waals surface area (Å²) < 4.78 is 6.28. The zero-order valence-corrected chi connectivity index (χ0v) is 11.8. The Morgan fingerprint density at radius 1 is 1.20 bits per heavy atom. The summed E-state index contributed by atoms with van der Waals surface area (Å²) in [7, 11) is 0. The fraction of sp³-hybridized carbons (Fsp3) is 0.125. The van der Waals surface area contributed by atoms with E-state index in [-0.39, 0.29) is 12.6 Å². The number of benzene rings is 2. The van der Waals surface area contributed by atoms with E-state index in [0.717, 1.165) is 21.3 Å². The number of carbonyl (C=O) groups excluding carboxylic acids is 1. The van der Waals surface area contributed by atoms with Gasteiger partial charge in [-0.1, -0.05) is 36.4 Å². The van der Waals surface area contributed by atoms with Crippen LogP contribution >= 0.6 is 11.3 Å². The van der Waals surface area contributed by atoms with E-state index in [2.05, 4.69) is 4.98 Å². The zero-order valence-electron chi connectivity index (χ0n) is 11.0. The van der Waals surface area contributed by atoms with Crippen LogP contribution in [0.5, 0.6) is 0 Å². The van der Waals surface area contributed by atoms with E-state index >= 15 is 0 Å². The summed E-state index contributed by atoms with van der Waals surface area (Å²) in [4.78, 5) is 16.3. The van der Waals surface area contributed by atoms with Crippen LogP contribution in [0, 0.1) is 6.92 Å². The van der Waals surface area contributed by atoms with Crippen LogP contribution in [0.1, 0.15) is 20.9 Å². The molecule has 4 heteroatoms. The molecule has 1 aromatic heterocycles. The molecule has 3 nitrogen and oxygen atoms in total. The zero-order chi connectivity index (χ0) is 13.9. The van der Waals surface area contributed by atoms with Gasteiger partial charge >= 0.3 is 5.97 Å². The molecule has 1 heterocycles. The molecular formula is C16H13NO2S. The highest BCUT2D eigenvalue weighted by molar-refractivity contribution is 7.20. The molecule has 0 saturated heterocycles. The first-order valence-electron chi connectivity index (χ1n) is 6.30. The number of thiazole rings is 1. The van der Waals surface area contributed by atoms with Crippen molar-refractivity contribution in [3.8, 4) is 0 Å². The lowest BCUT2D eigenvalue weighted by Gasteiger charge is -2.01. The quantitative estimate of drug-likeness (QED) is 0.683. The van der Waals surface area contributed by atoms with Crippen molar-refractivity contribution in [2.75, 3.05) is 0 Å². The molecular weight excluding hydrogens is 270 g/mol. The van der Waals surface area contributed by atoms with E-state index in [1.54, 1.807) is 0 Å². The molecule has 100 valence electrons. The normalized spacial score (nSPS) is 10.7. The van der Waals surface area contributed by atoms with Crippen molar-refractivity contribution < 1.29 is 9.53 Å². The third-order valence-corrected chi connectivity index (χ3v) is 3.95. The van der Waals surface area contributed by atoms with E-state index in [9.17, 15) is 4.79 Å². The lowest BCUT2D eigenvalue weighted by Crippen LogP contribution is -2.04. The van der Waals surface area contributed by atoms with Gasteiger partial charge in [-0.15, -0.1) is 11.3 Å². The number of fused-ring (bicyclic) bond motifs is 1. The predicted molar refractivity (Wildman–Crippen MR) is 79.9 cm³/mol. The van der Waals surface area contributed by atoms with Gasteiger partial charge in [-0.25, -0.2) is 9.78 Å². The van der Waals surface area contributed by atoms with E-state index in [4.69, 9.17) is 4.74 Å². The fourth-order valence-corrected chi connectivity index (χ4v) is 2.75. The Labute approximate surface area is 120 Å². The minimum absolute atomic E-state index is 0.272. The molecule has 0 saturated carbocycles. The van der Waals surface area contributed by atoms with E-state index in [0.29, 0.717) is 5.01 Å². The van der Waals surface area contributed by atoms with Crippen LogP contribution in [-0.2, 0) is 11.3 Å². The van der Waals surface area contributed by atoms with Crippen LogP contribution in [0.15, 0.2) is 48.5 Å².